The zero-order valence-electron chi connectivity index (χ0n) is 17.8. The summed E-state index contributed by atoms with van der Waals surface area (Å²) in [5.74, 6) is 0.0765. The summed E-state index contributed by atoms with van der Waals surface area (Å²) in [7, 11) is 0. The zero-order chi connectivity index (χ0) is 21.4. The van der Waals surface area contributed by atoms with Gasteiger partial charge in [-0.3, -0.25) is 14.3 Å². The minimum atomic E-state index is -0.0333. The van der Waals surface area contributed by atoms with Crippen LogP contribution in [0.25, 0.3) is 0 Å². The topological polar surface area (TPSA) is 58.4 Å². The van der Waals surface area contributed by atoms with E-state index in [9.17, 15) is 9.59 Å². The lowest BCUT2D eigenvalue weighted by atomic mass is 10.00. The first-order valence-electron chi connectivity index (χ1n) is 10.8. The monoisotopic (exact) mass is 414 g/mol. The number of aromatic nitrogens is 2. The van der Waals surface area contributed by atoms with Crippen LogP contribution in [0.5, 0.6) is 0 Å². The maximum atomic E-state index is 13.1. The number of amides is 2. The molecule has 0 aliphatic carbocycles. The molecule has 0 saturated carbocycles. The Morgan fingerprint density at radius 1 is 0.903 bits per heavy atom. The smallest absolute Gasteiger partial charge is 0.274 e. The average molecular weight is 415 g/mol. The Balaban J connectivity index is 1.27. The third kappa shape index (κ3) is 3.98. The molecule has 1 aromatic heterocycles. The number of fused-ring (bicyclic) bond motifs is 2. The molecule has 2 aliphatic rings. The van der Waals surface area contributed by atoms with Crippen molar-refractivity contribution in [2.24, 2.45) is 0 Å². The highest BCUT2D eigenvalue weighted by molar-refractivity contribution is 5.92. The minimum Gasteiger partial charge on any atom is -0.335 e. The summed E-state index contributed by atoms with van der Waals surface area (Å²) in [6.45, 7) is 5.09. The van der Waals surface area contributed by atoms with Gasteiger partial charge in [-0.05, 0) is 36.1 Å². The first-order chi connectivity index (χ1) is 15.1. The lowest BCUT2D eigenvalue weighted by molar-refractivity contribution is -0.132. The van der Waals surface area contributed by atoms with Crippen LogP contribution in [0.1, 0.15) is 38.4 Å². The molecule has 5 rings (SSSR count). The van der Waals surface area contributed by atoms with Gasteiger partial charge in [0.05, 0.1) is 25.2 Å². The second-order valence-corrected chi connectivity index (χ2v) is 8.47. The number of hydrogen-bond donors (Lipinski definition) is 0. The number of nitrogens with zero attached hydrogens (tertiary/aromatic N) is 4. The SMILES string of the molecule is Cc1cccc(CC(=O)N2CCn3nc(C(=O)N4CCc5ccccc5C4)cc3C2)c1. The van der Waals surface area contributed by atoms with Crippen molar-refractivity contribution in [3.8, 4) is 0 Å². The molecular weight excluding hydrogens is 388 g/mol. The minimum absolute atomic E-state index is 0.0333. The van der Waals surface area contributed by atoms with Crippen LogP contribution in [0.4, 0.5) is 0 Å². The number of aryl methyl sites for hydroxylation is 1. The summed E-state index contributed by atoms with van der Waals surface area (Å²) in [4.78, 5) is 29.6. The maximum Gasteiger partial charge on any atom is 0.274 e. The van der Waals surface area contributed by atoms with E-state index in [1.54, 1.807) is 0 Å². The van der Waals surface area contributed by atoms with Crippen LogP contribution in [0.15, 0.2) is 54.6 Å². The highest BCUT2D eigenvalue weighted by Crippen LogP contribution is 2.22. The largest absolute Gasteiger partial charge is 0.335 e. The first-order valence-corrected chi connectivity index (χ1v) is 10.8. The van der Waals surface area contributed by atoms with Gasteiger partial charge in [0.15, 0.2) is 5.69 Å². The Morgan fingerprint density at radius 3 is 2.58 bits per heavy atom. The lowest BCUT2D eigenvalue weighted by Gasteiger charge is -2.28. The molecule has 6 nitrogen and oxygen atoms in total. The number of carbonyl (C=O) groups excluding carboxylic acids is 2. The highest BCUT2D eigenvalue weighted by Gasteiger charge is 2.27. The van der Waals surface area contributed by atoms with Gasteiger partial charge < -0.3 is 9.80 Å². The van der Waals surface area contributed by atoms with Crippen molar-refractivity contribution < 1.29 is 9.59 Å². The summed E-state index contributed by atoms with van der Waals surface area (Å²) in [6.07, 6.45) is 1.27. The van der Waals surface area contributed by atoms with E-state index >= 15 is 0 Å². The molecule has 0 atom stereocenters. The summed E-state index contributed by atoms with van der Waals surface area (Å²) in [5.41, 5.74) is 6.11. The van der Waals surface area contributed by atoms with Crippen molar-refractivity contribution in [3.63, 3.8) is 0 Å². The molecule has 158 valence electrons. The molecule has 3 aromatic rings. The fourth-order valence-electron chi connectivity index (χ4n) is 4.52. The molecule has 0 unspecified atom stereocenters. The van der Waals surface area contributed by atoms with E-state index in [0.717, 1.165) is 23.2 Å². The second kappa shape index (κ2) is 8.02. The van der Waals surface area contributed by atoms with Crippen molar-refractivity contribution in [1.82, 2.24) is 19.6 Å². The standard InChI is InChI=1S/C25H26N4O2/c1-18-5-4-6-19(13-18)14-24(30)27-11-12-29-22(17-27)15-23(26-29)25(31)28-10-9-20-7-2-3-8-21(20)16-28/h2-8,13,15H,9-12,14,16-17H2,1H3. The van der Waals surface area contributed by atoms with Crippen molar-refractivity contribution >= 4 is 11.8 Å². The van der Waals surface area contributed by atoms with Crippen molar-refractivity contribution in [2.75, 3.05) is 13.1 Å². The van der Waals surface area contributed by atoms with E-state index in [0.29, 0.717) is 44.8 Å². The van der Waals surface area contributed by atoms with Gasteiger partial charge >= 0.3 is 0 Å². The van der Waals surface area contributed by atoms with Crippen LogP contribution >= 0.6 is 0 Å². The van der Waals surface area contributed by atoms with E-state index in [-0.39, 0.29) is 11.8 Å². The van der Waals surface area contributed by atoms with Gasteiger partial charge in [0, 0.05) is 19.6 Å². The Labute approximate surface area is 182 Å². The van der Waals surface area contributed by atoms with E-state index in [2.05, 4.69) is 23.3 Å². The third-order valence-corrected chi connectivity index (χ3v) is 6.23. The van der Waals surface area contributed by atoms with Crippen LogP contribution in [0.3, 0.4) is 0 Å². The lowest BCUT2D eigenvalue weighted by Crippen LogP contribution is -2.39. The second-order valence-electron chi connectivity index (χ2n) is 8.47. The fourth-order valence-corrected chi connectivity index (χ4v) is 4.52. The third-order valence-electron chi connectivity index (χ3n) is 6.23. The van der Waals surface area contributed by atoms with Crippen molar-refractivity contribution in [1.29, 1.82) is 0 Å². The molecule has 2 aliphatic heterocycles. The molecule has 0 N–H and O–H groups in total. The van der Waals surface area contributed by atoms with E-state index in [4.69, 9.17) is 0 Å². The van der Waals surface area contributed by atoms with Crippen LogP contribution in [-0.4, -0.2) is 44.5 Å². The molecule has 0 fully saturated rings. The van der Waals surface area contributed by atoms with Gasteiger partial charge in [-0.2, -0.15) is 5.10 Å². The Hall–Kier alpha value is -3.41. The molecule has 31 heavy (non-hydrogen) atoms. The molecule has 2 amide bonds. The van der Waals surface area contributed by atoms with Gasteiger partial charge in [0.25, 0.3) is 5.91 Å². The predicted molar refractivity (Wildman–Crippen MR) is 117 cm³/mol. The molecule has 2 aromatic carbocycles. The van der Waals surface area contributed by atoms with Gasteiger partial charge in [-0.15, -0.1) is 0 Å². The molecular formula is C25H26N4O2. The van der Waals surface area contributed by atoms with Gasteiger partial charge in [-0.25, -0.2) is 0 Å². The number of rotatable bonds is 3. The number of hydrogen-bond acceptors (Lipinski definition) is 3. The number of benzene rings is 2. The fraction of sp³-hybridized carbons (Fsp3) is 0.320. The van der Waals surface area contributed by atoms with Gasteiger partial charge in [-0.1, -0.05) is 54.1 Å². The Kier molecular flexibility index (Phi) is 5.06. The summed E-state index contributed by atoms with van der Waals surface area (Å²) in [5, 5.41) is 4.56. The van der Waals surface area contributed by atoms with Crippen LogP contribution in [0, 0.1) is 6.92 Å². The van der Waals surface area contributed by atoms with Gasteiger partial charge in [0.1, 0.15) is 0 Å². The number of carbonyl (C=O) groups is 2. The van der Waals surface area contributed by atoms with Crippen molar-refractivity contribution in [3.05, 3.63) is 88.2 Å². The molecule has 0 bridgehead atoms. The maximum absolute atomic E-state index is 13.1. The quantitative estimate of drug-likeness (QED) is 0.662. The Morgan fingerprint density at radius 2 is 1.74 bits per heavy atom. The predicted octanol–water partition coefficient (Wildman–Crippen LogP) is 2.97. The summed E-state index contributed by atoms with van der Waals surface area (Å²) >= 11 is 0. The molecule has 3 heterocycles. The van der Waals surface area contributed by atoms with Crippen LogP contribution < -0.4 is 0 Å². The molecule has 6 heteroatoms. The van der Waals surface area contributed by atoms with E-state index in [1.807, 2.05) is 57.8 Å². The van der Waals surface area contributed by atoms with E-state index < -0.39 is 0 Å². The van der Waals surface area contributed by atoms with Crippen LogP contribution in [-0.2, 0) is 37.3 Å². The molecule has 0 spiro atoms. The first kappa shape index (κ1) is 19.5. The highest BCUT2D eigenvalue weighted by atomic mass is 16.2. The normalized spacial score (nSPS) is 15.4. The van der Waals surface area contributed by atoms with Crippen LogP contribution in [0.2, 0.25) is 0 Å². The summed E-state index contributed by atoms with van der Waals surface area (Å²) < 4.78 is 1.88. The molecule has 0 radical (unpaired) electrons. The molecule has 0 saturated heterocycles. The summed E-state index contributed by atoms with van der Waals surface area (Å²) in [6, 6.07) is 18.2. The average Bonchev–Trinajstić information content (AvgIpc) is 3.21. The van der Waals surface area contributed by atoms with Gasteiger partial charge in [0.2, 0.25) is 5.91 Å². The van der Waals surface area contributed by atoms with Crippen molar-refractivity contribution in [2.45, 2.75) is 39.4 Å². The Bertz CT molecular complexity index is 1150. The zero-order valence-corrected chi connectivity index (χ0v) is 17.8. The van der Waals surface area contributed by atoms with E-state index in [1.165, 1.54) is 11.1 Å².